The van der Waals surface area contributed by atoms with E-state index in [9.17, 15) is 4.79 Å². The molecule has 0 spiro atoms. The fraction of sp³-hybridized carbons (Fsp3) is 0.458. The van der Waals surface area contributed by atoms with E-state index in [1.807, 2.05) is 13.1 Å². The van der Waals surface area contributed by atoms with Gasteiger partial charge in [-0.05, 0) is 67.3 Å². The second-order valence-electron chi connectivity index (χ2n) is 7.70. The van der Waals surface area contributed by atoms with Crippen LogP contribution in [0, 0.1) is 0 Å². The highest BCUT2D eigenvalue weighted by Gasteiger charge is 2.21. The monoisotopic (exact) mass is 364 g/mol. The lowest BCUT2D eigenvalue weighted by atomic mass is 9.87. The Balaban J connectivity index is 1.62. The number of hydrogen-bond acceptors (Lipinski definition) is 2. The van der Waals surface area contributed by atoms with Crippen molar-refractivity contribution in [2.24, 2.45) is 0 Å². The molecule has 0 saturated carbocycles. The third kappa shape index (κ3) is 4.98. The fourth-order valence-electron chi connectivity index (χ4n) is 4.06. The molecule has 1 aliphatic rings. The van der Waals surface area contributed by atoms with Crippen LogP contribution in [0.15, 0.2) is 48.5 Å². The summed E-state index contributed by atoms with van der Waals surface area (Å²) < 4.78 is 0. The number of fused-ring (bicyclic) bond motifs is 1. The van der Waals surface area contributed by atoms with Gasteiger partial charge in [-0.15, -0.1) is 0 Å². The Morgan fingerprint density at radius 2 is 2.04 bits per heavy atom. The highest BCUT2D eigenvalue weighted by molar-refractivity contribution is 5.90. The summed E-state index contributed by atoms with van der Waals surface area (Å²) in [6.07, 6.45) is 6.98. The molecule has 3 nitrogen and oxygen atoms in total. The standard InChI is InChI=1S/C24H32N2O/c1-4-21(25-24-14-8-11-20-10-5-6-13-23(20)24)16-15-19-9-7-12-22(17-19)26(3)18(2)27/h5-7,9-10,12-13,17,21,24-25H,4,8,11,14-16H2,1-3H3. The van der Waals surface area contributed by atoms with Crippen molar-refractivity contribution >= 4 is 11.6 Å². The van der Waals surface area contributed by atoms with Crippen molar-refractivity contribution in [2.45, 2.75) is 64.5 Å². The van der Waals surface area contributed by atoms with E-state index < -0.39 is 0 Å². The molecule has 0 aromatic heterocycles. The molecule has 0 aliphatic heterocycles. The summed E-state index contributed by atoms with van der Waals surface area (Å²) in [7, 11) is 1.83. The van der Waals surface area contributed by atoms with E-state index in [4.69, 9.17) is 0 Å². The second-order valence-corrected chi connectivity index (χ2v) is 7.70. The summed E-state index contributed by atoms with van der Waals surface area (Å²) in [6, 6.07) is 18.2. The first-order valence-electron chi connectivity index (χ1n) is 10.3. The largest absolute Gasteiger partial charge is 0.316 e. The number of aryl methyl sites for hydroxylation is 2. The van der Waals surface area contributed by atoms with E-state index >= 15 is 0 Å². The molecule has 1 amide bonds. The lowest BCUT2D eigenvalue weighted by Gasteiger charge is -2.30. The number of amides is 1. The zero-order valence-corrected chi connectivity index (χ0v) is 16.9. The molecule has 144 valence electrons. The van der Waals surface area contributed by atoms with Crippen molar-refractivity contribution in [1.82, 2.24) is 5.32 Å². The number of rotatable bonds is 7. The molecule has 2 aromatic carbocycles. The zero-order chi connectivity index (χ0) is 19.2. The number of nitrogens with one attached hydrogen (secondary N) is 1. The normalized spacial score (nSPS) is 17.2. The first-order valence-corrected chi connectivity index (χ1v) is 10.3. The number of nitrogens with zero attached hydrogens (tertiary/aromatic N) is 1. The molecule has 0 radical (unpaired) electrons. The number of carbonyl (C=O) groups excluding carboxylic acids is 1. The first-order chi connectivity index (χ1) is 13.1. The molecule has 0 fully saturated rings. The molecule has 2 aromatic rings. The highest BCUT2D eigenvalue weighted by atomic mass is 16.2. The number of anilines is 1. The molecule has 0 bridgehead atoms. The Morgan fingerprint density at radius 3 is 2.81 bits per heavy atom. The number of carbonyl (C=O) groups is 1. The van der Waals surface area contributed by atoms with Gasteiger partial charge >= 0.3 is 0 Å². The van der Waals surface area contributed by atoms with E-state index in [0.29, 0.717) is 12.1 Å². The van der Waals surface area contributed by atoms with E-state index in [-0.39, 0.29) is 5.91 Å². The second kappa shape index (κ2) is 9.18. The third-order valence-electron chi connectivity index (χ3n) is 5.85. The van der Waals surface area contributed by atoms with Crippen LogP contribution in [0.3, 0.4) is 0 Å². The Kier molecular flexibility index (Phi) is 6.68. The summed E-state index contributed by atoms with van der Waals surface area (Å²) in [6.45, 7) is 3.87. The van der Waals surface area contributed by atoms with Gasteiger partial charge in [-0.2, -0.15) is 0 Å². The fourth-order valence-corrected chi connectivity index (χ4v) is 4.06. The molecule has 2 atom stereocenters. The Labute approximate surface area is 163 Å². The van der Waals surface area contributed by atoms with E-state index in [2.05, 4.69) is 54.7 Å². The Bertz CT molecular complexity index is 770. The molecule has 1 N–H and O–H groups in total. The number of benzene rings is 2. The van der Waals surface area contributed by atoms with E-state index in [1.54, 1.807) is 11.8 Å². The van der Waals surface area contributed by atoms with Crippen LogP contribution < -0.4 is 10.2 Å². The van der Waals surface area contributed by atoms with Crippen LogP contribution in [-0.4, -0.2) is 19.0 Å². The quantitative estimate of drug-likeness (QED) is 0.746. The maximum atomic E-state index is 11.6. The summed E-state index contributed by atoms with van der Waals surface area (Å²) in [4.78, 5) is 13.3. The van der Waals surface area contributed by atoms with Gasteiger partial charge in [0.25, 0.3) is 0 Å². The van der Waals surface area contributed by atoms with Crippen molar-refractivity contribution in [1.29, 1.82) is 0 Å². The predicted molar refractivity (Wildman–Crippen MR) is 113 cm³/mol. The molecular weight excluding hydrogens is 332 g/mol. The maximum Gasteiger partial charge on any atom is 0.223 e. The van der Waals surface area contributed by atoms with Crippen molar-refractivity contribution in [2.75, 3.05) is 11.9 Å². The van der Waals surface area contributed by atoms with Crippen LogP contribution in [0.2, 0.25) is 0 Å². The molecule has 0 saturated heterocycles. The molecule has 27 heavy (non-hydrogen) atoms. The van der Waals surface area contributed by atoms with Gasteiger partial charge in [-0.1, -0.05) is 43.3 Å². The molecule has 3 heteroatoms. The Morgan fingerprint density at radius 1 is 1.22 bits per heavy atom. The van der Waals surface area contributed by atoms with Gasteiger partial charge < -0.3 is 10.2 Å². The van der Waals surface area contributed by atoms with Crippen LogP contribution in [0.25, 0.3) is 0 Å². The SMILES string of the molecule is CCC(CCc1cccc(N(C)C(C)=O)c1)NC1CCCc2ccccc21. The van der Waals surface area contributed by atoms with Crippen molar-refractivity contribution in [3.8, 4) is 0 Å². The summed E-state index contributed by atoms with van der Waals surface area (Å²) in [5.74, 6) is 0.0659. The first kappa shape index (κ1) is 19.6. The Hall–Kier alpha value is -2.13. The average Bonchev–Trinajstić information content (AvgIpc) is 2.70. The smallest absolute Gasteiger partial charge is 0.223 e. The van der Waals surface area contributed by atoms with Crippen LogP contribution in [0.5, 0.6) is 0 Å². The van der Waals surface area contributed by atoms with Gasteiger partial charge in [0.15, 0.2) is 0 Å². The predicted octanol–water partition coefficient (Wildman–Crippen LogP) is 5.05. The van der Waals surface area contributed by atoms with Gasteiger partial charge in [0.2, 0.25) is 5.91 Å². The van der Waals surface area contributed by atoms with Crippen LogP contribution in [-0.2, 0) is 17.6 Å². The molecular formula is C24H32N2O. The van der Waals surface area contributed by atoms with Crippen molar-refractivity contribution < 1.29 is 4.79 Å². The minimum Gasteiger partial charge on any atom is -0.316 e. The van der Waals surface area contributed by atoms with E-state index in [0.717, 1.165) is 24.9 Å². The van der Waals surface area contributed by atoms with Gasteiger partial charge in [0.05, 0.1) is 0 Å². The van der Waals surface area contributed by atoms with Crippen molar-refractivity contribution in [3.63, 3.8) is 0 Å². The van der Waals surface area contributed by atoms with Crippen LogP contribution >= 0.6 is 0 Å². The minimum absolute atomic E-state index is 0.0659. The van der Waals surface area contributed by atoms with Gasteiger partial charge in [-0.25, -0.2) is 0 Å². The van der Waals surface area contributed by atoms with Gasteiger partial charge in [0.1, 0.15) is 0 Å². The zero-order valence-electron chi connectivity index (χ0n) is 16.9. The number of hydrogen-bond donors (Lipinski definition) is 1. The molecule has 2 unspecified atom stereocenters. The lowest BCUT2D eigenvalue weighted by Crippen LogP contribution is -2.34. The maximum absolute atomic E-state index is 11.6. The summed E-state index contributed by atoms with van der Waals surface area (Å²) >= 11 is 0. The van der Waals surface area contributed by atoms with Crippen LogP contribution in [0.1, 0.15) is 62.3 Å². The highest BCUT2D eigenvalue weighted by Crippen LogP contribution is 2.30. The van der Waals surface area contributed by atoms with Gasteiger partial charge in [0, 0.05) is 31.7 Å². The summed E-state index contributed by atoms with van der Waals surface area (Å²) in [5, 5.41) is 3.92. The lowest BCUT2D eigenvalue weighted by molar-refractivity contribution is -0.116. The topological polar surface area (TPSA) is 32.3 Å². The van der Waals surface area contributed by atoms with Crippen LogP contribution in [0.4, 0.5) is 5.69 Å². The van der Waals surface area contributed by atoms with E-state index in [1.165, 1.54) is 36.0 Å². The molecule has 1 aliphatic carbocycles. The molecule has 3 rings (SSSR count). The van der Waals surface area contributed by atoms with Gasteiger partial charge in [-0.3, -0.25) is 4.79 Å². The van der Waals surface area contributed by atoms with Crippen molar-refractivity contribution in [3.05, 3.63) is 65.2 Å². The molecule has 0 heterocycles. The summed E-state index contributed by atoms with van der Waals surface area (Å²) in [5.41, 5.74) is 5.27. The average molecular weight is 365 g/mol. The third-order valence-corrected chi connectivity index (χ3v) is 5.85. The minimum atomic E-state index is 0.0659.